The van der Waals surface area contributed by atoms with Gasteiger partial charge >= 0.3 is 5.97 Å². The number of nitrogens with one attached hydrogen (secondary N) is 1. The van der Waals surface area contributed by atoms with Crippen molar-refractivity contribution in [2.75, 3.05) is 7.11 Å². The maximum atomic E-state index is 11.4. The van der Waals surface area contributed by atoms with Crippen molar-refractivity contribution < 1.29 is 19.4 Å². The molecule has 1 aromatic carbocycles. The van der Waals surface area contributed by atoms with E-state index in [-0.39, 0.29) is 17.2 Å². The Kier molecular flexibility index (Phi) is 2.59. The van der Waals surface area contributed by atoms with E-state index in [1.807, 2.05) is 0 Å². The van der Waals surface area contributed by atoms with Crippen LogP contribution in [0.2, 0.25) is 0 Å². The highest BCUT2D eigenvalue weighted by Gasteiger charge is 2.15. The van der Waals surface area contributed by atoms with E-state index in [0.29, 0.717) is 16.5 Å². The van der Waals surface area contributed by atoms with Crippen molar-refractivity contribution in [3.63, 3.8) is 0 Å². The molecule has 0 bridgehead atoms. The van der Waals surface area contributed by atoms with Gasteiger partial charge in [0.25, 0.3) is 0 Å². The number of rotatable bonds is 2. The summed E-state index contributed by atoms with van der Waals surface area (Å²) in [5, 5.41) is 10.1. The first-order valence-corrected chi connectivity index (χ1v) is 4.98. The zero-order valence-corrected chi connectivity index (χ0v) is 9.40. The van der Waals surface area contributed by atoms with Crippen molar-refractivity contribution in [3.8, 4) is 5.75 Å². The van der Waals surface area contributed by atoms with E-state index in [4.69, 9.17) is 0 Å². The third-order valence-electron chi connectivity index (χ3n) is 2.56. The van der Waals surface area contributed by atoms with Crippen LogP contribution in [0.4, 0.5) is 0 Å². The average Bonchev–Trinajstić information content (AvgIpc) is 2.73. The Hall–Kier alpha value is -2.30. The number of carbonyl (C=O) groups excluding carboxylic acids is 2. The van der Waals surface area contributed by atoms with E-state index in [1.165, 1.54) is 32.2 Å². The summed E-state index contributed by atoms with van der Waals surface area (Å²) in [6.45, 7) is 1.42. The number of aromatic amines is 1. The Morgan fingerprint density at radius 2 is 2.06 bits per heavy atom. The summed E-state index contributed by atoms with van der Waals surface area (Å²) >= 11 is 0. The highest BCUT2D eigenvalue weighted by molar-refractivity contribution is 6.09. The molecule has 17 heavy (non-hydrogen) atoms. The van der Waals surface area contributed by atoms with Crippen LogP contribution in [0, 0.1) is 0 Å². The van der Waals surface area contributed by atoms with Gasteiger partial charge in [0.15, 0.2) is 5.78 Å². The molecule has 0 saturated heterocycles. The van der Waals surface area contributed by atoms with Gasteiger partial charge in [-0.05, 0) is 25.1 Å². The Balaban J connectivity index is 2.74. The minimum atomic E-state index is -0.546. The second kappa shape index (κ2) is 3.93. The molecular weight excluding hydrogens is 222 g/mol. The molecule has 0 amide bonds. The number of phenolic OH excluding ortho intramolecular Hbond substituents is 1. The second-order valence-corrected chi connectivity index (χ2v) is 3.65. The SMILES string of the molecule is COC(=O)c1cc2c(O)ccc(C(C)=O)c2[nH]1. The summed E-state index contributed by atoms with van der Waals surface area (Å²) in [7, 11) is 1.26. The van der Waals surface area contributed by atoms with Gasteiger partial charge in [0.05, 0.1) is 12.6 Å². The molecule has 1 aromatic heterocycles. The lowest BCUT2D eigenvalue weighted by atomic mass is 10.1. The maximum Gasteiger partial charge on any atom is 0.354 e. The molecule has 2 N–H and O–H groups in total. The smallest absolute Gasteiger partial charge is 0.354 e. The van der Waals surface area contributed by atoms with E-state index in [2.05, 4.69) is 9.72 Å². The van der Waals surface area contributed by atoms with Crippen LogP contribution in [0.15, 0.2) is 18.2 Å². The van der Waals surface area contributed by atoms with Crippen LogP contribution in [0.3, 0.4) is 0 Å². The van der Waals surface area contributed by atoms with Crippen LogP contribution < -0.4 is 0 Å². The van der Waals surface area contributed by atoms with Gasteiger partial charge < -0.3 is 14.8 Å². The van der Waals surface area contributed by atoms with E-state index >= 15 is 0 Å². The first-order chi connectivity index (χ1) is 8.04. The van der Waals surface area contributed by atoms with Gasteiger partial charge in [-0.1, -0.05) is 0 Å². The van der Waals surface area contributed by atoms with Crippen LogP contribution in [0.5, 0.6) is 5.75 Å². The number of aromatic nitrogens is 1. The van der Waals surface area contributed by atoms with Gasteiger partial charge in [-0.2, -0.15) is 0 Å². The van der Waals surface area contributed by atoms with Crippen LogP contribution in [0.25, 0.3) is 10.9 Å². The molecule has 5 heteroatoms. The standard InChI is InChI=1S/C12H11NO4/c1-6(14)7-3-4-10(15)8-5-9(12(16)17-2)13-11(7)8/h3-5,13,15H,1-2H3. The molecule has 0 radical (unpaired) electrons. The van der Waals surface area contributed by atoms with E-state index < -0.39 is 5.97 Å². The number of ether oxygens (including phenoxy) is 1. The molecule has 0 aliphatic carbocycles. The fourth-order valence-corrected chi connectivity index (χ4v) is 1.72. The van der Waals surface area contributed by atoms with Gasteiger partial charge in [-0.15, -0.1) is 0 Å². The van der Waals surface area contributed by atoms with Crippen molar-refractivity contribution in [1.29, 1.82) is 0 Å². The highest BCUT2D eigenvalue weighted by atomic mass is 16.5. The first-order valence-electron chi connectivity index (χ1n) is 4.98. The summed E-state index contributed by atoms with van der Waals surface area (Å²) in [5.74, 6) is -0.681. The lowest BCUT2D eigenvalue weighted by molar-refractivity contribution is 0.0595. The molecule has 0 aliphatic heterocycles. The third-order valence-corrected chi connectivity index (χ3v) is 2.56. The number of aromatic hydroxyl groups is 1. The summed E-state index contributed by atoms with van der Waals surface area (Å²) in [4.78, 5) is 25.5. The molecule has 5 nitrogen and oxygen atoms in total. The van der Waals surface area contributed by atoms with Crippen LogP contribution in [0.1, 0.15) is 27.8 Å². The number of fused-ring (bicyclic) bond motifs is 1. The van der Waals surface area contributed by atoms with Crippen molar-refractivity contribution in [3.05, 3.63) is 29.5 Å². The molecule has 1 heterocycles. The summed E-state index contributed by atoms with van der Waals surface area (Å²) in [6.07, 6.45) is 0. The van der Waals surface area contributed by atoms with Crippen molar-refractivity contribution in [2.45, 2.75) is 6.92 Å². The van der Waals surface area contributed by atoms with Gasteiger partial charge in [0, 0.05) is 10.9 Å². The number of phenols is 1. The molecule has 0 unspecified atom stereocenters. The molecule has 2 aromatic rings. The summed E-state index contributed by atoms with van der Waals surface area (Å²) in [5.41, 5.74) is 1.07. The van der Waals surface area contributed by atoms with Crippen molar-refractivity contribution in [2.24, 2.45) is 0 Å². The number of methoxy groups -OCH3 is 1. The predicted molar refractivity (Wildman–Crippen MR) is 61.3 cm³/mol. The van der Waals surface area contributed by atoms with Crippen LogP contribution >= 0.6 is 0 Å². The molecule has 2 rings (SSSR count). The molecule has 0 saturated carbocycles. The monoisotopic (exact) mass is 233 g/mol. The minimum Gasteiger partial charge on any atom is -0.507 e. The van der Waals surface area contributed by atoms with Crippen LogP contribution in [-0.2, 0) is 4.74 Å². The fraction of sp³-hybridized carbons (Fsp3) is 0.167. The zero-order chi connectivity index (χ0) is 12.6. The topological polar surface area (TPSA) is 79.4 Å². The Bertz CT molecular complexity index is 612. The number of H-pyrrole nitrogens is 1. The molecule has 88 valence electrons. The fourth-order valence-electron chi connectivity index (χ4n) is 1.72. The van der Waals surface area contributed by atoms with E-state index in [0.717, 1.165) is 0 Å². The molecular formula is C12H11NO4. The van der Waals surface area contributed by atoms with Gasteiger partial charge in [-0.25, -0.2) is 4.79 Å². The van der Waals surface area contributed by atoms with Crippen molar-refractivity contribution >= 4 is 22.7 Å². The molecule has 0 spiro atoms. The van der Waals surface area contributed by atoms with Gasteiger partial charge in [-0.3, -0.25) is 4.79 Å². The number of hydrogen-bond acceptors (Lipinski definition) is 4. The van der Waals surface area contributed by atoms with E-state index in [9.17, 15) is 14.7 Å². The second-order valence-electron chi connectivity index (χ2n) is 3.65. The van der Waals surface area contributed by atoms with Gasteiger partial charge in [0.2, 0.25) is 0 Å². The quantitative estimate of drug-likeness (QED) is 0.613. The number of benzene rings is 1. The molecule has 0 fully saturated rings. The van der Waals surface area contributed by atoms with Crippen LogP contribution in [-0.4, -0.2) is 29.0 Å². The number of carbonyl (C=O) groups is 2. The Morgan fingerprint density at radius 3 is 2.65 bits per heavy atom. The number of hydrogen-bond donors (Lipinski definition) is 2. The lowest BCUT2D eigenvalue weighted by Gasteiger charge is -1.99. The van der Waals surface area contributed by atoms with E-state index in [1.54, 1.807) is 0 Å². The summed E-state index contributed by atoms with van der Waals surface area (Å²) in [6, 6.07) is 4.40. The largest absolute Gasteiger partial charge is 0.507 e. The van der Waals surface area contributed by atoms with Gasteiger partial charge in [0.1, 0.15) is 11.4 Å². The summed E-state index contributed by atoms with van der Waals surface area (Å²) < 4.78 is 4.57. The first kappa shape index (κ1) is 11.2. The number of esters is 1. The third kappa shape index (κ3) is 1.75. The molecule has 0 atom stereocenters. The predicted octanol–water partition coefficient (Wildman–Crippen LogP) is 1.86. The minimum absolute atomic E-state index is 0.0106. The maximum absolute atomic E-state index is 11.4. The number of ketones is 1. The highest BCUT2D eigenvalue weighted by Crippen LogP contribution is 2.28. The Morgan fingerprint density at radius 1 is 1.35 bits per heavy atom. The average molecular weight is 233 g/mol. The van der Waals surface area contributed by atoms with Crippen molar-refractivity contribution in [1.82, 2.24) is 4.98 Å². The Labute approximate surface area is 97.0 Å². The number of Topliss-reactive ketones (excluding diaryl/α,β-unsaturated/α-hetero) is 1. The normalized spacial score (nSPS) is 10.5. The zero-order valence-electron chi connectivity index (χ0n) is 9.40. The lowest BCUT2D eigenvalue weighted by Crippen LogP contribution is -2.01. The molecule has 0 aliphatic rings.